The molecule has 0 aliphatic carbocycles. The van der Waals surface area contributed by atoms with E-state index in [0.29, 0.717) is 5.91 Å². The van der Waals surface area contributed by atoms with E-state index in [0.717, 1.165) is 39.1 Å². The van der Waals surface area contributed by atoms with Crippen LogP contribution in [0.3, 0.4) is 0 Å². The zero-order valence-corrected chi connectivity index (χ0v) is 8.31. The first kappa shape index (κ1) is 10.5. The van der Waals surface area contributed by atoms with Gasteiger partial charge in [-0.2, -0.15) is 0 Å². The zero-order valence-electron chi connectivity index (χ0n) is 8.31. The van der Waals surface area contributed by atoms with Crippen LogP contribution in [0.5, 0.6) is 0 Å². The third-order valence-electron chi connectivity index (χ3n) is 2.29. The second-order valence-electron chi connectivity index (χ2n) is 3.45. The van der Waals surface area contributed by atoms with E-state index in [2.05, 4.69) is 10.6 Å². The molecule has 0 aromatic carbocycles. The Morgan fingerprint density at radius 2 is 1.92 bits per heavy atom. The SMILES string of the molecule is C1CNCN1.CN1CCCCC1=O. The molecular formula is C9H19N3O. The molecule has 2 rings (SSSR count). The third-order valence-corrected chi connectivity index (χ3v) is 2.29. The van der Waals surface area contributed by atoms with Crippen molar-refractivity contribution in [2.45, 2.75) is 19.3 Å². The monoisotopic (exact) mass is 185 g/mol. The number of carbonyl (C=O) groups excluding carboxylic acids is 1. The number of amides is 1. The number of nitrogens with zero attached hydrogens (tertiary/aromatic N) is 1. The predicted molar refractivity (Wildman–Crippen MR) is 52.4 cm³/mol. The maximum Gasteiger partial charge on any atom is 0.222 e. The Labute approximate surface area is 79.7 Å². The Kier molecular flexibility index (Phi) is 4.78. The molecule has 2 aliphatic heterocycles. The molecule has 2 saturated heterocycles. The van der Waals surface area contributed by atoms with Crippen LogP contribution in [-0.4, -0.2) is 44.2 Å². The zero-order chi connectivity index (χ0) is 9.52. The van der Waals surface area contributed by atoms with Crippen molar-refractivity contribution in [2.75, 3.05) is 33.4 Å². The summed E-state index contributed by atoms with van der Waals surface area (Å²) in [6.45, 7) is 4.23. The minimum atomic E-state index is 0.302. The Bertz CT molecular complexity index is 149. The maximum atomic E-state index is 10.7. The lowest BCUT2D eigenvalue weighted by molar-refractivity contribution is -0.131. The summed E-state index contributed by atoms with van der Waals surface area (Å²) < 4.78 is 0. The van der Waals surface area contributed by atoms with Crippen LogP contribution in [-0.2, 0) is 4.79 Å². The molecule has 0 spiro atoms. The molecule has 0 unspecified atom stereocenters. The van der Waals surface area contributed by atoms with E-state index in [1.807, 2.05) is 7.05 Å². The lowest BCUT2D eigenvalue weighted by atomic mass is 10.1. The van der Waals surface area contributed by atoms with Crippen molar-refractivity contribution < 1.29 is 4.79 Å². The van der Waals surface area contributed by atoms with Gasteiger partial charge in [0.15, 0.2) is 0 Å². The van der Waals surface area contributed by atoms with Gasteiger partial charge in [0.1, 0.15) is 0 Å². The molecular weight excluding hydrogens is 166 g/mol. The molecule has 0 saturated carbocycles. The molecule has 76 valence electrons. The van der Waals surface area contributed by atoms with Gasteiger partial charge in [0.05, 0.1) is 0 Å². The summed E-state index contributed by atoms with van der Waals surface area (Å²) in [5, 5.41) is 6.22. The molecule has 0 aromatic rings. The summed E-state index contributed by atoms with van der Waals surface area (Å²) >= 11 is 0. The van der Waals surface area contributed by atoms with E-state index in [4.69, 9.17) is 0 Å². The quantitative estimate of drug-likeness (QED) is 0.548. The molecule has 0 aromatic heterocycles. The van der Waals surface area contributed by atoms with Gasteiger partial charge in [0.2, 0.25) is 5.91 Å². The van der Waals surface area contributed by atoms with Crippen LogP contribution < -0.4 is 10.6 Å². The van der Waals surface area contributed by atoms with Crippen molar-refractivity contribution in [1.82, 2.24) is 15.5 Å². The molecule has 4 heteroatoms. The lowest BCUT2D eigenvalue weighted by Gasteiger charge is -2.21. The highest BCUT2D eigenvalue weighted by Crippen LogP contribution is 2.06. The molecule has 2 aliphatic rings. The largest absolute Gasteiger partial charge is 0.346 e. The Hall–Kier alpha value is -0.610. The van der Waals surface area contributed by atoms with Crippen LogP contribution in [0, 0.1) is 0 Å². The molecule has 1 amide bonds. The number of hydrogen-bond donors (Lipinski definition) is 2. The Balaban J connectivity index is 0.000000145. The van der Waals surface area contributed by atoms with E-state index < -0.39 is 0 Å². The Morgan fingerprint density at radius 3 is 2.23 bits per heavy atom. The van der Waals surface area contributed by atoms with E-state index in [1.165, 1.54) is 6.42 Å². The fraction of sp³-hybridized carbons (Fsp3) is 0.889. The predicted octanol–water partition coefficient (Wildman–Crippen LogP) is -0.235. The summed E-state index contributed by atoms with van der Waals surface area (Å²) in [7, 11) is 1.86. The standard InChI is InChI=1S/C6H11NO.C3H8N2/c1-7-5-3-2-4-6(7)8;1-2-5-3-4-1/h2-5H2,1H3;4-5H,1-3H2. The van der Waals surface area contributed by atoms with Gasteiger partial charge in [-0.3, -0.25) is 4.79 Å². The summed E-state index contributed by atoms with van der Waals surface area (Å²) in [4.78, 5) is 12.5. The van der Waals surface area contributed by atoms with Crippen LogP contribution in [0.15, 0.2) is 0 Å². The molecule has 2 heterocycles. The number of nitrogens with one attached hydrogen (secondary N) is 2. The molecule has 2 N–H and O–H groups in total. The third kappa shape index (κ3) is 4.24. The van der Waals surface area contributed by atoms with Crippen molar-refractivity contribution >= 4 is 5.91 Å². The van der Waals surface area contributed by atoms with E-state index in [-0.39, 0.29) is 0 Å². The summed E-state index contributed by atoms with van der Waals surface area (Å²) in [5.74, 6) is 0.302. The van der Waals surface area contributed by atoms with Gasteiger partial charge in [-0.1, -0.05) is 0 Å². The van der Waals surface area contributed by atoms with E-state index in [9.17, 15) is 4.79 Å². The fourth-order valence-corrected chi connectivity index (χ4v) is 1.38. The van der Waals surface area contributed by atoms with Crippen molar-refractivity contribution in [1.29, 1.82) is 0 Å². The second kappa shape index (κ2) is 5.94. The number of rotatable bonds is 0. The lowest BCUT2D eigenvalue weighted by Crippen LogP contribution is -2.31. The number of likely N-dealkylation sites (tertiary alicyclic amines) is 1. The highest BCUT2D eigenvalue weighted by atomic mass is 16.2. The minimum absolute atomic E-state index is 0.302. The number of hydrogen-bond acceptors (Lipinski definition) is 3. The van der Waals surface area contributed by atoms with Gasteiger partial charge >= 0.3 is 0 Å². The van der Waals surface area contributed by atoms with Gasteiger partial charge in [0, 0.05) is 39.8 Å². The average Bonchev–Trinajstić information content (AvgIpc) is 2.68. The molecule has 13 heavy (non-hydrogen) atoms. The van der Waals surface area contributed by atoms with Gasteiger partial charge in [-0.15, -0.1) is 0 Å². The van der Waals surface area contributed by atoms with Gasteiger partial charge < -0.3 is 15.5 Å². The fourth-order valence-electron chi connectivity index (χ4n) is 1.38. The van der Waals surface area contributed by atoms with Crippen LogP contribution in [0.1, 0.15) is 19.3 Å². The van der Waals surface area contributed by atoms with Gasteiger partial charge in [-0.05, 0) is 12.8 Å². The summed E-state index contributed by atoms with van der Waals surface area (Å²) in [6.07, 6.45) is 3.03. The van der Waals surface area contributed by atoms with Crippen molar-refractivity contribution in [3.63, 3.8) is 0 Å². The van der Waals surface area contributed by atoms with Crippen LogP contribution in [0.25, 0.3) is 0 Å². The van der Waals surface area contributed by atoms with E-state index >= 15 is 0 Å². The van der Waals surface area contributed by atoms with Crippen LogP contribution >= 0.6 is 0 Å². The highest BCUT2D eigenvalue weighted by molar-refractivity contribution is 5.76. The minimum Gasteiger partial charge on any atom is -0.346 e. The maximum absolute atomic E-state index is 10.7. The normalized spacial score (nSPS) is 22.5. The second-order valence-corrected chi connectivity index (χ2v) is 3.45. The molecule has 2 fully saturated rings. The van der Waals surface area contributed by atoms with Gasteiger partial charge in [-0.25, -0.2) is 0 Å². The van der Waals surface area contributed by atoms with Crippen molar-refractivity contribution in [2.24, 2.45) is 0 Å². The highest BCUT2D eigenvalue weighted by Gasteiger charge is 2.12. The Morgan fingerprint density at radius 1 is 1.23 bits per heavy atom. The average molecular weight is 185 g/mol. The number of carbonyl (C=O) groups is 1. The van der Waals surface area contributed by atoms with Gasteiger partial charge in [0.25, 0.3) is 0 Å². The topological polar surface area (TPSA) is 44.4 Å². The summed E-state index contributed by atoms with van der Waals surface area (Å²) in [5.41, 5.74) is 0. The first-order valence-electron chi connectivity index (χ1n) is 4.96. The van der Waals surface area contributed by atoms with E-state index in [1.54, 1.807) is 4.90 Å². The molecule has 0 atom stereocenters. The smallest absolute Gasteiger partial charge is 0.222 e. The first-order chi connectivity index (χ1) is 6.30. The van der Waals surface area contributed by atoms with Crippen LogP contribution in [0.2, 0.25) is 0 Å². The molecule has 0 radical (unpaired) electrons. The molecule has 4 nitrogen and oxygen atoms in total. The van der Waals surface area contributed by atoms with Crippen molar-refractivity contribution in [3.8, 4) is 0 Å². The summed E-state index contributed by atoms with van der Waals surface area (Å²) in [6, 6.07) is 0. The van der Waals surface area contributed by atoms with Crippen molar-refractivity contribution in [3.05, 3.63) is 0 Å². The molecule has 0 bridgehead atoms. The van der Waals surface area contributed by atoms with Crippen LogP contribution in [0.4, 0.5) is 0 Å². The number of piperidine rings is 1. The first-order valence-corrected chi connectivity index (χ1v) is 4.96.